The van der Waals surface area contributed by atoms with Crippen molar-refractivity contribution in [2.45, 2.75) is 30.7 Å². The lowest BCUT2D eigenvalue weighted by Crippen LogP contribution is -2.30. The Labute approximate surface area is 123 Å². The van der Waals surface area contributed by atoms with Crippen LogP contribution in [0.15, 0.2) is 29.4 Å². The number of imidazole rings is 1. The molecule has 0 amide bonds. The number of hydrogen-bond donors (Lipinski definition) is 1. The molecular formula is C15H21N3OS. The highest BCUT2D eigenvalue weighted by Crippen LogP contribution is 2.30. The van der Waals surface area contributed by atoms with Crippen molar-refractivity contribution < 1.29 is 4.74 Å². The van der Waals surface area contributed by atoms with Gasteiger partial charge in [-0.3, -0.25) is 0 Å². The fourth-order valence-corrected chi connectivity index (χ4v) is 3.30. The van der Waals surface area contributed by atoms with Gasteiger partial charge in [-0.15, -0.1) is 0 Å². The maximum Gasteiger partial charge on any atom is 0.138 e. The van der Waals surface area contributed by atoms with Crippen LogP contribution >= 0.6 is 11.8 Å². The van der Waals surface area contributed by atoms with Gasteiger partial charge in [0.2, 0.25) is 0 Å². The van der Waals surface area contributed by atoms with Crippen molar-refractivity contribution in [3.8, 4) is 0 Å². The first-order valence-corrected chi connectivity index (χ1v) is 8.03. The highest BCUT2D eigenvalue weighted by atomic mass is 32.2. The van der Waals surface area contributed by atoms with Crippen LogP contribution in [0.4, 0.5) is 0 Å². The van der Waals surface area contributed by atoms with Gasteiger partial charge in [-0.05, 0) is 24.6 Å². The summed E-state index contributed by atoms with van der Waals surface area (Å²) in [6.45, 7) is 8.02. The fourth-order valence-electron chi connectivity index (χ4n) is 2.20. The van der Waals surface area contributed by atoms with Crippen LogP contribution < -0.4 is 5.32 Å². The monoisotopic (exact) mass is 291 g/mol. The van der Waals surface area contributed by atoms with E-state index in [4.69, 9.17) is 9.72 Å². The topological polar surface area (TPSA) is 38.6 Å². The largest absolute Gasteiger partial charge is 0.379 e. The van der Waals surface area contributed by atoms with Gasteiger partial charge in [-0.25, -0.2) is 4.98 Å². The molecule has 0 bridgehead atoms. The summed E-state index contributed by atoms with van der Waals surface area (Å²) in [6.07, 6.45) is 2.09. The SMILES string of the molecule is CC(C)CNCc1c(SC2COC2)nc2ccccn12. The summed E-state index contributed by atoms with van der Waals surface area (Å²) in [4.78, 5) is 4.76. The Morgan fingerprint density at radius 3 is 3.00 bits per heavy atom. The molecule has 0 unspecified atom stereocenters. The molecule has 20 heavy (non-hydrogen) atoms. The standard InChI is InChI=1S/C15H21N3OS/c1-11(2)7-16-8-13-15(20-12-9-19-10-12)17-14-5-3-4-6-18(13)14/h3-6,11-12,16H,7-10H2,1-2H3. The number of nitrogens with zero attached hydrogens (tertiary/aromatic N) is 2. The lowest BCUT2D eigenvalue weighted by Gasteiger charge is -2.24. The van der Waals surface area contributed by atoms with Crippen molar-refractivity contribution in [1.29, 1.82) is 0 Å². The predicted molar refractivity (Wildman–Crippen MR) is 82.2 cm³/mol. The van der Waals surface area contributed by atoms with Crippen LogP contribution in [0, 0.1) is 5.92 Å². The molecule has 3 heterocycles. The van der Waals surface area contributed by atoms with E-state index in [9.17, 15) is 0 Å². The van der Waals surface area contributed by atoms with Crippen LogP contribution in [0.3, 0.4) is 0 Å². The molecule has 1 N–H and O–H groups in total. The third-order valence-corrected chi connectivity index (χ3v) is 4.48. The van der Waals surface area contributed by atoms with Gasteiger partial charge >= 0.3 is 0 Å². The molecule has 0 saturated carbocycles. The van der Waals surface area contributed by atoms with Gasteiger partial charge in [-0.2, -0.15) is 0 Å². The second-order valence-electron chi connectivity index (χ2n) is 5.59. The number of rotatable bonds is 6. The molecule has 2 aromatic rings. The Morgan fingerprint density at radius 2 is 2.30 bits per heavy atom. The summed E-state index contributed by atoms with van der Waals surface area (Å²) < 4.78 is 7.45. The van der Waals surface area contributed by atoms with Gasteiger partial charge in [0.15, 0.2) is 0 Å². The zero-order chi connectivity index (χ0) is 13.9. The maximum absolute atomic E-state index is 5.26. The van der Waals surface area contributed by atoms with E-state index in [0.29, 0.717) is 11.2 Å². The molecule has 4 nitrogen and oxygen atoms in total. The van der Waals surface area contributed by atoms with E-state index in [2.05, 4.69) is 41.9 Å². The first-order valence-electron chi connectivity index (χ1n) is 7.15. The summed E-state index contributed by atoms with van der Waals surface area (Å²) in [7, 11) is 0. The van der Waals surface area contributed by atoms with Crippen LogP contribution in [0.5, 0.6) is 0 Å². The van der Waals surface area contributed by atoms with Crippen LogP contribution in [0.25, 0.3) is 5.65 Å². The first kappa shape index (κ1) is 13.9. The number of pyridine rings is 1. The third-order valence-electron chi connectivity index (χ3n) is 3.32. The zero-order valence-corrected chi connectivity index (χ0v) is 12.8. The van der Waals surface area contributed by atoms with Crippen molar-refractivity contribution >= 4 is 17.4 Å². The van der Waals surface area contributed by atoms with E-state index in [0.717, 1.165) is 37.0 Å². The first-order chi connectivity index (χ1) is 9.74. The van der Waals surface area contributed by atoms with Crippen LogP contribution in [0.1, 0.15) is 19.5 Å². The average Bonchev–Trinajstić information content (AvgIpc) is 2.72. The Bertz CT molecular complexity index is 578. The van der Waals surface area contributed by atoms with E-state index < -0.39 is 0 Å². The number of fused-ring (bicyclic) bond motifs is 1. The molecule has 0 spiro atoms. The zero-order valence-electron chi connectivity index (χ0n) is 12.0. The number of ether oxygens (including phenoxy) is 1. The van der Waals surface area contributed by atoms with Crippen LogP contribution in [-0.4, -0.2) is 34.4 Å². The number of thioether (sulfide) groups is 1. The van der Waals surface area contributed by atoms with Crippen LogP contribution in [0.2, 0.25) is 0 Å². The van der Waals surface area contributed by atoms with Gasteiger partial charge < -0.3 is 14.5 Å². The van der Waals surface area contributed by atoms with Gasteiger partial charge in [-0.1, -0.05) is 31.7 Å². The predicted octanol–water partition coefficient (Wildman–Crippen LogP) is 2.57. The third kappa shape index (κ3) is 3.00. The van der Waals surface area contributed by atoms with Crippen molar-refractivity contribution in [3.63, 3.8) is 0 Å². The molecule has 0 aromatic carbocycles. The van der Waals surface area contributed by atoms with E-state index in [1.165, 1.54) is 5.69 Å². The molecule has 0 aliphatic carbocycles. The van der Waals surface area contributed by atoms with E-state index in [1.54, 1.807) is 0 Å². The number of hydrogen-bond acceptors (Lipinski definition) is 4. The highest BCUT2D eigenvalue weighted by Gasteiger charge is 2.23. The van der Waals surface area contributed by atoms with E-state index >= 15 is 0 Å². The molecule has 1 aliphatic rings. The lowest BCUT2D eigenvalue weighted by atomic mass is 10.2. The van der Waals surface area contributed by atoms with Gasteiger partial charge in [0.05, 0.1) is 24.2 Å². The Hall–Kier alpha value is -1.04. The minimum Gasteiger partial charge on any atom is -0.379 e. The Morgan fingerprint density at radius 1 is 1.45 bits per heavy atom. The van der Waals surface area contributed by atoms with Gasteiger partial charge in [0, 0.05) is 12.7 Å². The molecule has 1 aliphatic heterocycles. The lowest BCUT2D eigenvalue weighted by molar-refractivity contribution is 0.0454. The normalized spacial score (nSPS) is 15.9. The van der Waals surface area contributed by atoms with Crippen molar-refractivity contribution in [2.24, 2.45) is 5.92 Å². The molecule has 108 valence electrons. The molecular weight excluding hydrogens is 270 g/mol. The summed E-state index contributed by atoms with van der Waals surface area (Å²) in [6, 6.07) is 6.16. The molecule has 3 rings (SSSR count). The molecule has 0 radical (unpaired) electrons. The van der Waals surface area contributed by atoms with Crippen molar-refractivity contribution in [1.82, 2.24) is 14.7 Å². The van der Waals surface area contributed by atoms with Gasteiger partial charge in [0.1, 0.15) is 10.7 Å². The summed E-state index contributed by atoms with van der Waals surface area (Å²) in [5.41, 5.74) is 2.29. The second-order valence-corrected chi connectivity index (χ2v) is 6.88. The molecule has 2 aromatic heterocycles. The van der Waals surface area contributed by atoms with Gasteiger partial charge in [0.25, 0.3) is 0 Å². The fraction of sp³-hybridized carbons (Fsp3) is 0.533. The molecule has 1 saturated heterocycles. The Kier molecular flexibility index (Phi) is 4.29. The maximum atomic E-state index is 5.26. The molecule has 1 fully saturated rings. The summed E-state index contributed by atoms with van der Waals surface area (Å²) in [5, 5.41) is 5.22. The van der Waals surface area contributed by atoms with E-state index in [1.807, 2.05) is 17.8 Å². The minimum atomic E-state index is 0.559. The summed E-state index contributed by atoms with van der Waals surface area (Å²) in [5.74, 6) is 0.658. The van der Waals surface area contributed by atoms with Crippen molar-refractivity contribution in [2.75, 3.05) is 19.8 Å². The second kappa shape index (κ2) is 6.16. The van der Waals surface area contributed by atoms with Crippen molar-refractivity contribution in [3.05, 3.63) is 30.1 Å². The Balaban J connectivity index is 1.82. The minimum absolute atomic E-state index is 0.559. The van der Waals surface area contributed by atoms with E-state index in [-0.39, 0.29) is 0 Å². The molecule has 0 atom stereocenters. The number of aromatic nitrogens is 2. The van der Waals surface area contributed by atoms with Crippen LogP contribution in [-0.2, 0) is 11.3 Å². The average molecular weight is 291 g/mol. The molecule has 5 heteroatoms. The number of nitrogens with one attached hydrogen (secondary N) is 1. The summed E-state index contributed by atoms with van der Waals surface area (Å²) >= 11 is 1.84. The highest BCUT2D eigenvalue weighted by molar-refractivity contribution is 8.00. The smallest absolute Gasteiger partial charge is 0.138 e. The quantitative estimate of drug-likeness (QED) is 0.888.